The van der Waals surface area contributed by atoms with Crippen LogP contribution < -0.4 is 9.47 Å². The minimum absolute atomic E-state index is 0.0972. The average Bonchev–Trinajstić information content (AvgIpc) is 3.35. The quantitative estimate of drug-likeness (QED) is 0.567. The first-order valence-electron chi connectivity index (χ1n) is 10.2. The van der Waals surface area contributed by atoms with Crippen LogP contribution in [-0.4, -0.2) is 40.5 Å². The van der Waals surface area contributed by atoms with Gasteiger partial charge in [0.25, 0.3) is 0 Å². The van der Waals surface area contributed by atoms with Crippen molar-refractivity contribution in [2.24, 2.45) is 17.3 Å². The lowest BCUT2D eigenvalue weighted by Crippen LogP contribution is -2.57. The molecule has 2 aliphatic heterocycles. The molecule has 2 fully saturated rings. The molecule has 7 nitrogen and oxygen atoms in total. The molecule has 2 heterocycles. The van der Waals surface area contributed by atoms with Gasteiger partial charge < -0.3 is 24.4 Å². The number of carbonyl (C=O) groups excluding carboxylic acids is 2. The van der Waals surface area contributed by atoms with Crippen LogP contribution >= 0.6 is 0 Å². The molecule has 4 aliphatic rings. The average molecular weight is 412 g/mol. The van der Waals surface area contributed by atoms with Gasteiger partial charge in [-0.2, -0.15) is 0 Å². The van der Waals surface area contributed by atoms with Gasteiger partial charge >= 0.3 is 5.97 Å². The number of aliphatic hydroxyl groups excluding tert-OH is 1. The summed E-state index contributed by atoms with van der Waals surface area (Å²) in [5.41, 5.74) is -2.06. The topological polar surface area (TPSA) is 102 Å². The second-order valence-corrected chi connectivity index (χ2v) is 8.91. The third-order valence-electron chi connectivity index (χ3n) is 7.49. The highest BCUT2D eigenvalue weighted by Gasteiger charge is 2.68. The largest absolute Gasteiger partial charge is 0.457 e. The van der Waals surface area contributed by atoms with E-state index in [4.69, 9.17) is 14.2 Å². The molecular formula is C23H24O7. The lowest BCUT2D eigenvalue weighted by atomic mass is 9.64. The lowest BCUT2D eigenvalue weighted by molar-refractivity contribution is -0.166. The first-order valence-corrected chi connectivity index (χ1v) is 10.2. The minimum Gasteiger partial charge on any atom is -0.457 e. The molecular weight excluding hydrogens is 388 g/mol. The van der Waals surface area contributed by atoms with E-state index >= 15 is 0 Å². The number of fused-ring (bicyclic) bond motifs is 4. The van der Waals surface area contributed by atoms with Crippen molar-refractivity contribution in [1.29, 1.82) is 0 Å². The Balaban J connectivity index is 1.58. The molecule has 6 atom stereocenters. The van der Waals surface area contributed by atoms with E-state index < -0.39 is 35.0 Å². The second-order valence-electron chi connectivity index (χ2n) is 8.91. The number of hydrogen-bond donors (Lipinski definition) is 2. The molecule has 158 valence electrons. The molecule has 30 heavy (non-hydrogen) atoms. The first-order chi connectivity index (χ1) is 14.2. The van der Waals surface area contributed by atoms with Crippen molar-refractivity contribution in [3.8, 4) is 11.5 Å². The predicted molar refractivity (Wildman–Crippen MR) is 105 cm³/mol. The molecule has 1 aromatic carbocycles. The van der Waals surface area contributed by atoms with E-state index in [1.807, 2.05) is 6.92 Å². The number of esters is 1. The standard InChI is InChI=1S/C23H24O7/c1-11-4-6-14-12(2)21(26)30-20(14)22(3)19(25)15(9-23(11,22)27)18(24)13-5-7-16-17(8-13)29-10-28-16/h5,7-9,11,14,18,20,24,27H,2,4,6,10H2,1,3H3/t11-,14-,18?,20+,22-,23+/m0/s1. The smallest absolute Gasteiger partial charge is 0.334 e. The molecule has 5 rings (SSSR count). The normalized spacial score (nSPS) is 37.9. The Morgan fingerprint density at radius 1 is 1.20 bits per heavy atom. The summed E-state index contributed by atoms with van der Waals surface area (Å²) in [6, 6.07) is 4.97. The number of rotatable bonds is 2. The van der Waals surface area contributed by atoms with Crippen molar-refractivity contribution in [1.82, 2.24) is 0 Å². The summed E-state index contributed by atoms with van der Waals surface area (Å²) in [6.07, 6.45) is 0.602. The van der Waals surface area contributed by atoms with Crippen molar-refractivity contribution in [3.63, 3.8) is 0 Å². The molecule has 1 unspecified atom stereocenters. The van der Waals surface area contributed by atoms with Crippen molar-refractivity contribution in [2.45, 2.75) is 44.5 Å². The van der Waals surface area contributed by atoms with E-state index in [0.717, 1.165) is 0 Å². The molecule has 2 N–H and O–H groups in total. The van der Waals surface area contributed by atoms with Gasteiger partial charge in [0.1, 0.15) is 23.2 Å². The summed E-state index contributed by atoms with van der Waals surface area (Å²) < 4.78 is 16.3. The highest BCUT2D eigenvalue weighted by atomic mass is 16.7. The van der Waals surface area contributed by atoms with Crippen molar-refractivity contribution < 1.29 is 34.0 Å². The molecule has 1 saturated carbocycles. The van der Waals surface area contributed by atoms with Gasteiger partial charge in [-0.15, -0.1) is 0 Å². The molecule has 7 heteroatoms. The SMILES string of the molecule is C=C1C(=O)O[C@@H]2[C@H]1CC[C@H](C)[C@]1(O)C=C(C(O)c3ccc4c(c3)OCO4)C(=O)[C@@]21C. The van der Waals surface area contributed by atoms with E-state index in [9.17, 15) is 19.8 Å². The summed E-state index contributed by atoms with van der Waals surface area (Å²) in [5, 5.41) is 22.8. The van der Waals surface area contributed by atoms with Crippen molar-refractivity contribution in [2.75, 3.05) is 6.79 Å². The predicted octanol–water partition coefficient (Wildman–Crippen LogP) is 2.22. The zero-order valence-electron chi connectivity index (χ0n) is 16.9. The molecule has 2 aliphatic carbocycles. The van der Waals surface area contributed by atoms with Crippen molar-refractivity contribution in [3.05, 3.63) is 47.6 Å². The van der Waals surface area contributed by atoms with Gasteiger partial charge in [0.2, 0.25) is 6.79 Å². The zero-order chi connectivity index (χ0) is 21.4. The Kier molecular flexibility index (Phi) is 3.98. The molecule has 0 bridgehead atoms. The fraction of sp³-hybridized carbons (Fsp3) is 0.478. The van der Waals surface area contributed by atoms with Crippen LogP contribution in [0.25, 0.3) is 0 Å². The molecule has 0 amide bonds. The molecule has 0 aromatic heterocycles. The van der Waals surface area contributed by atoms with Gasteiger partial charge in [-0.1, -0.05) is 19.6 Å². The fourth-order valence-electron chi connectivity index (χ4n) is 5.51. The van der Waals surface area contributed by atoms with Crippen LogP contribution in [0.5, 0.6) is 11.5 Å². The van der Waals surface area contributed by atoms with Crippen LogP contribution in [0, 0.1) is 17.3 Å². The number of ketones is 1. The van der Waals surface area contributed by atoms with Gasteiger partial charge in [0, 0.05) is 17.1 Å². The molecule has 1 aromatic rings. The van der Waals surface area contributed by atoms with Crippen LogP contribution in [0.3, 0.4) is 0 Å². The molecule has 0 spiro atoms. The Hall–Kier alpha value is -2.64. The van der Waals surface area contributed by atoms with Gasteiger partial charge in [-0.05, 0) is 49.5 Å². The zero-order valence-corrected chi connectivity index (χ0v) is 16.9. The first kappa shape index (κ1) is 19.3. The van der Waals surface area contributed by atoms with E-state index in [-0.39, 0.29) is 24.2 Å². The summed E-state index contributed by atoms with van der Waals surface area (Å²) in [4.78, 5) is 25.9. The fourth-order valence-corrected chi connectivity index (χ4v) is 5.51. The van der Waals surface area contributed by atoms with Crippen LogP contribution in [0.2, 0.25) is 0 Å². The number of carbonyl (C=O) groups is 2. The number of hydrogen-bond acceptors (Lipinski definition) is 7. The van der Waals surface area contributed by atoms with E-state index in [0.29, 0.717) is 35.5 Å². The monoisotopic (exact) mass is 412 g/mol. The van der Waals surface area contributed by atoms with Crippen LogP contribution in [-0.2, 0) is 14.3 Å². The van der Waals surface area contributed by atoms with Crippen LogP contribution in [0.1, 0.15) is 38.4 Å². The Morgan fingerprint density at radius 2 is 1.93 bits per heavy atom. The highest BCUT2D eigenvalue weighted by Crippen LogP contribution is 2.59. The van der Waals surface area contributed by atoms with Gasteiger partial charge in [-0.25, -0.2) is 4.79 Å². The van der Waals surface area contributed by atoms with E-state index in [1.54, 1.807) is 25.1 Å². The van der Waals surface area contributed by atoms with Crippen molar-refractivity contribution >= 4 is 11.8 Å². The second kappa shape index (κ2) is 6.18. The highest BCUT2D eigenvalue weighted by molar-refractivity contribution is 6.06. The van der Waals surface area contributed by atoms with E-state index in [2.05, 4.69) is 6.58 Å². The lowest BCUT2D eigenvalue weighted by Gasteiger charge is -2.43. The Morgan fingerprint density at radius 3 is 2.70 bits per heavy atom. The summed E-state index contributed by atoms with van der Waals surface area (Å²) in [5.74, 6) is -0.488. The Bertz CT molecular complexity index is 1010. The third kappa shape index (κ3) is 2.27. The van der Waals surface area contributed by atoms with Crippen LogP contribution in [0.15, 0.2) is 42.0 Å². The summed E-state index contributed by atoms with van der Waals surface area (Å²) in [7, 11) is 0. The summed E-state index contributed by atoms with van der Waals surface area (Å²) in [6.45, 7) is 7.47. The number of Topliss-reactive ketones (excluding diaryl/α,β-unsaturated/α-hetero) is 1. The maximum absolute atomic E-state index is 13.7. The maximum atomic E-state index is 13.7. The van der Waals surface area contributed by atoms with E-state index in [1.165, 1.54) is 6.08 Å². The number of ether oxygens (including phenoxy) is 3. The molecule has 1 saturated heterocycles. The number of benzene rings is 1. The summed E-state index contributed by atoms with van der Waals surface area (Å²) >= 11 is 0. The third-order valence-corrected chi connectivity index (χ3v) is 7.49. The van der Waals surface area contributed by atoms with Gasteiger partial charge in [-0.3, -0.25) is 4.79 Å². The number of aliphatic hydroxyl groups is 2. The minimum atomic E-state index is -1.55. The van der Waals surface area contributed by atoms with Crippen LogP contribution in [0.4, 0.5) is 0 Å². The van der Waals surface area contributed by atoms with Gasteiger partial charge in [0.05, 0.1) is 0 Å². The maximum Gasteiger partial charge on any atom is 0.334 e. The Labute approximate surface area is 173 Å². The molecule has 0 radical (unpaired) electrons. The van der Waals surface area contributed by atoms with Gasteiger partial charge in [0.15, 0.2) is 17.3 Å².